The summed E-state index contributed by atoms with van der Waals surface area (Å²) in [5, 5.41) is 14.2. The summed E-state index contributed by atoms with van der Waals surface area (Å²) >= 11 is 0. The number of aryl methyl sites for hydroxylation is 1. The van der Waals surface area contributed by atoms with Crippen LogP contribution in [0.25, 0.3) is 0 Å². The first-order valence-corrected chi connectivity index (χ1v) is 11.7. The highest BCUT2D eigenvalue weighted by molar-refractivity contribution is 6.07. The molecule has 0 bridgehead atoms. The van der Waals surface area contributed by atoms with Gasteiger partial charge in [0.05, 0.1) is 29.0 Å². The molecule has 1 fully saturated rings. The molecule has 9 nitrogen and oxygen atoms in total. The zero-order valence-electron chi connectivity index (χ0n) is 20.3. The third-order valence-electron chi connectivity index (χ3n) is 6.30. The molecule has 186 valence electrons. The summed E-state index contributed by atoms with van der Waals surface area (Å²) in [6, 6.07) is 19.7. The second kappa shape index (κ2) is 11.0. The highest BCUT2D eigenvalue weighted by Crippen LogP contribution is 2.30. The lowest BCUT2D eigenvalue weighted by molar-refractivity contribution is -0.385. The number of piperazine rings is 1. The van der Waals surface area contributed by atoms with Gasteiger partial charge in [-0.3, -0.25) is 19.8 Å². The summed E-state index contributed by atoms with van der Waals surface area (Å²) in [7, 11) is 1.30. The number of hydrogen-bond donors (Lipinski definition) is 1. The van der Waals surface area contributed by atoms with Crippen LogP contribution in [0.3, 0.4) is 0 Å². The highest BCUT2D eigenvalue weighted by atomic mass is 16.6. The summed E-state index contributed by atoms with van der Waals surface area (Å²) in [5.74, 6) is -1.01. The number of nitrogens with zero attached hydrogens (tertiary/aromatic N) is 3. The number of hydrogen-bond acceptors (Lipinski definition) is 7. The van der Waals surface area contributed by atoms with Crippen LogP contribution in [0.1, 0.15) is 31.8 Å². The standard InChI is InChI=1S/C27H28N4O5/c1-19-8-9-21(17-25(19)31(34)35)26(32)28-23-16-22(27(33)36-2)10-11-24(23)30-14-12-29(13-15-30)18-20-6-4-3-5-7-20/h3-11,16-17H,12-15,18H2,1-2H3,(H,28,32). The first-order chi connectivity index (χ1) is 17.4. The number of rotatable bonds is 7. The topological polar surface area (TPSA) is 105 Å². The number of carbonyl (C=O) groups excluding carboxylic acids is 2. The molecule has 0 aromatic heterocycles. The number of nitro groups is 1. The smallest absolute Gasteiger partial charge is 0.337 e. The van der Waals surface area contributed by atoms with Crippen LogP contribution in [0, 0.1) is 17.0 Å². The van der Waals surface area contributed by atoms with Crippen LogP contribution in [-0.4, -0.2) is 55.0 Å². The van der Waals surface area contributed by atoms with E-state index in [9.17, 15) is 19.7 Å². The fraction of sp³-hybridized carbons (Fsp3) is 0.259. The Morgan fingerprint density at radius 1 is 0.972 bits per heavy atom. The van der Waals surface area contributed by atoms with E-state index in [4.69, 9.17) is 4.74 Å². The minimum absolute atomic E-state index is 0.124. The number of ether oxygens (including phenoxy) is 1. The van der Waals surface area contributed by atoms with Crippen LogP contribution in [-0.2, 0) is 11.3 Å². The van der Waals surface area contributed by atoms with Crippen LogP contribution in [0.5, 0.6) is 0 Å². The molecule has 3 aromatic carbocycles. The third-order valence-corrected chi connectivity index (χ3v) is 6.30. The molecule has 3 aromatic rings. The molecule has 0 aliphatic carbocycles. The number of nitro benzene ring substituents is 1. The normalized spacial score (nSPS) is 13.8. The van der Waals surface area contributed by atoms with Gasteiger partial charge in [0.25, 0.3) is 11.6 Å². The average molecular weight is 489 g/mol. The summed E-state index contributed by atoms with van der Waals surface area (Å²) in [6.07, 6.45) is 0. The van der Waals surface area contributed by atoms with Crippen molar-refractivity contribution in [2.24, 2.45) is 0 Å². The Morgan fingerprint density at radius 2 is 1.67 bits per heavy atom. The van der Waals surface area contributed by atoms with Crippen molar-refractivity contribution in [3.63, 3.8) is 0 Å². The van der Waals surface area contributed by atoms with Crippen molar-refractivity contribution in [3.05, 3.63) is 99.1 Å². The number of nitrogens with one attached hydrogen (secondary N) is 1. The highest BCUT2D eigenvalue weighted by Gasteiger charge is 2.22. The third kappa shape index (κ3) is 5.69. The summed E-state index contributed by atoms with van der Waals surface area (Å²) < 4.78 is 4.85. The Hall–Kier alpha value is -4.24. The van der Waals surface area contributed by atoms with Gasteiger partial charge in [-0.1, -0.05) is 36.4 Å². The van der Waals surface area contributed by atoms with Crippen LogP contribution < -0.4 is 10.2 Å². The maximum absolute atomic E-state index is 13.1. The number of carbonyl (C=O) groups is 2. The zero-order valence-corrected chi connectivity index (χ0v) is 20.3. The van der Waals surface area contributed by atoms with Crippen molar-refractivity contribution >= 4 is 28.9 Å². The lowest BCUT2D eigenvalue weighted by atomic mass is 10.1. The molecular formula is C27H28N4O5. The van der Waals surface area contributed by atoms with Gasteiger partial charge in [0.2, 0.25) is 0 Å². The van der Waals surface area contributed by atoms with Gasteiger partial charge in [-0.25, -0.2) is 4.79 Å². The predicted octanol–water partition coefficient (Wildman–Crippen LogP) is 4.26. The molecule has 0 unspecified atom stereocenters. The Balaban J connectivity index is 1.55. The predicted molar refractivity (Wildman–Crippen MR) is 138 cm³/mol. The van der Waals surface area contributed by atoms with E-state index in [2.05, 4.69) is 27.2 Å². The molecule has 1 heterocycles. The molecule has 0 saturated carbocycles. The lowest BCUT2D eigenvalue weighted by Crippen LogP contribution is -2.46. The van der Waals surface area contributed by atoms with Crippen molar-refractivity contribution in [3.8, 4) is 0 Å². The van der Waals surface area contributed by atoms with E-state index in [1.54, 1.807) is 37.3 Å². The molecule has 1 aliphatic heterocycles. The Labute approximate surface area is 209 Å². The van der Waals surface area contributed by atoms with Gasteiger partial charge in [0.1, 0.15) is 0 Å². The monoisotopic (exact) mass is 488 g/mol. The average Bonchev–Trinajstić information content (AvgIpc) is 2.89. The van der Waals surface area contributed by atoms with E-state index in [-0.39, 0.29) is 11.3 Å². The first-order valence-electron chi connectivity index (χ1n) is 11.7. The van der Waals surface area contributed by atoms with Crippen molar-refractivity contribution in [1.82, 2.24) is 4.90 Å². The number of methoxy groups -OCH3 is 1. The van der Waals surface area contributed by atoms with Crippen molar-refractivity contribution in [2.75, 3.05) is 43.5 Å². The maximum atomic E-state index is 13.1. The van der Waals surface area contributed by atoms with Crippen molar-refractivity contribution < 1.29 is 19.2 Å². The number of benzene rings is 3. The fourth-order valence-corrected chi connectivity index (χ4v) is 4.29. The maximum Gasteiger partial charge on any atom is 0.337 e. The van der Waals surface area contributed by atoms with Gasteiger partial charge in [0, 0.05) is 49.9 Å². The van der Waals surface area contributed by atoms with E-state index in [0.29, 0.717) is 16.8 Å². The van der Waals surface area contributed by atoms with Gasteiger partial charge in [-0.2, -0.15) is 0 Å². The van der Waals surface area contributed by atoms with E-state index in [1.807, 2.05) is 18.2 Å². The zero-order chi connectivity index (χ0) is 25.7. The van der Waals surface area contributed by atoms with Gasteiger partial charge < -0.3 is 15.0 Å². The lowest BCUT2D eigenvalue weighted by Gasteiger charge is -2.37. The molecule has 1 aliphatic rings. The van der Waals surface area contributed by atoms with Crippen molar-refractivity contribution in [1.29, 1.82) is 0 Å². The molecule has 36 heavy (non-hydrogen) atoms. The summed E-state index contributed by atoms with van der Waals surface area (Å²) in [5.41, 5.74) is 3.29. The molecular weight excluding hydrogens is 460 g/mol. The van der Waals surface area contributed by atoms with Crippen LogP contribution in [0.4, 0.5) is 17.1 Å². The number of anilines is 2. The largest absolute Gasteiger partial charge is 0.465 e. The number of amides is 1. The molecule has 1 N–H and O–H groups in total. The fourth-order valence-electron chi connectivity index (χ4n) is 4.29. The molecule has 9 heteroatoms. The molecule has 1 saturated heterocycles. The first kappa shape index (κ1) is 24.9. The molecule has 0 atom stereocenters. The Bertz CT molecular complexity index is 1270. The molecule has 4 rings (SSSR count). The van der Waals surface area contributed by atoms with E-state index in [1.165, 1.54) is 18.7 Å². The molecule has 0 spiro atoms. The molecule has 1 amide bonds. The molecule has 0 radical (unpaired) electrons. The van der Waals surface area contributed by atoms with Gasteiger partial charge in [-0.05, 0) is 36.8 Å². The second-order valence-electron chi connectivity index (χ2n) is 8.68. The SMILES string of the molecule is COC(=O)c1ccc(N2CCN(Cc3ccccc3)CC2)c(NC(=O)c2ccc(C)c([N+](=O)[O-])c2)c1. The van der Waals surface area contributed by atoms with Crippen LogP contribution in [0.2, 0.25) is 0 Å². The van der Waals surface area contributed by atoms with E-state index >= 15 is 0 Å². The quantitative estimate of drug-likeness (QED) is 0.301. The summed E-state index contributed by atoms with van der Waals surface area (Å²) in [6.45, 7) is 5.64. The van der Waals surface area contributed by atoms with Gasteiger partial charge in [0.15, 0.2) is 0 Å². The second-order valence-corrected chi connectivity index (χ2v) is 8.68. The minimum atomic E-state index is -0.518. The Kier molecular flexibility index (Phi) is 7.60. The van der Waals surface area contributed by atoms with Gasteiger partial charge in [-0.15, -0.1) is 0 Å². The Morgan fingerprint density at radius 3 is 2.33 bits per heavy atom. The van der Waals surface area contributed by atoms with E-state index < -0.39 is 16.8 Å². The van der Waals surface area contributed by atoms with Crippen molar-refractivity contribution in [2.45, 2.75) is 13.5 Å². The minimum Gasteiger partial charge on any atom is -0.465 e. The number of esters is 1. The van der Waals surface area contributed by atoms with Crippen LogP contribution >= 0.6 is 0 Å². The summed E-state index contributed by atoms with van der Waals surface area (Å²) in [4.78, 5) is 40.6. The van der Waals surface area contributed by atoms with Gasteiger partial charge >= 0.3 is 5.97 Å². The van der Waals surface area contributed by atoms with Crippen LogP contribution in [0.15, 0.2) is 66.7 Å². The van der Waals surface area contributed by atoms with E-state index in [0.717, 1.165) is 38.4 Å².